The van der Waals surface area contributed by atoms with E-state index in [4.69, 9.17) is 0 Å². The maximum atomic E-state index is 13.8. The third-order valence-electron chi connectivity index (χ3n) is 3.86. The van der Waals surface area contributed by atoms with Crippen LogP contribution in [-0.4, -0.2) is 21.8 Å². The highest BCUT2D eigenvalue weighted by atomic mass is 32.3. The molecule has 0 aliphatic rings. The Morgan fingerprint density at radius 3 is 1.62 bits per heavy atom. The molecule has 0 aliphatic carbocycles. The van der Waals surface area contributed by atoms with Crippen molar-refractivity contribution in [3.8, 4) is 0 Å². The van der Waals surface area contributed by atoms with E-state index in [0.717, 1.165) is 6.07 Å². The lowest BCUT2D eigenvalue weighted by Crippen LogP contribution is -2.37. The smallest absolute Gasteiger partial charge is 0.258 e. The average molecular weight is 436 g/mol. The molecule has 3 rings (SSSR count). The van der Waals surface area contributed by atoms with Gasteiger partial charge in [-0.1, -0.05) is 36.4 Å². The van der Waals surface area contributed by atoms with Crippen LogP contribution in [0, 0.1) is 15.9 Å². The predicted molar refractivity (Wildman–Crippen MR) is 103 cm³/mol. The number of sulfonamides is 2. The summed E-state index contributed by atoms with van der Waals surface area (Å²) in [7, 11) is -9.43. The second-order valence-corrected chi connectivity index (χ2v) is 9.53. The zero-order valence-corrected chi connectivity index (χ0v) is 16.2. The highest BCUT2D eigenvalue weighted by Crippen LogP contribution is 2.33. The molecule has 0 heterocycles. The van der Waals surface area contributed by atoms with E-state index in [1.165, 1.54) is 60.7 Å². The van der Waals surface area contributed by atoms with Crippen molar-refractivity contribution in [2.45, 2.75) is 9.79 Å². The first-order valence-electron chi connectivity index (χ1n) is 8.00. The highest BCUT2D eigenvalue weighted by molar-refractivity contribution is 8.10. The minimum atomic E-state index is -4.71. The second kappa shape index (κ2) is 7.60. The van der Waals surface area contributed by atoms with E-state index in [2.05, 4.69) is 0 Å². The van der Waals surface area contributed by atoms with Gasteiger partial charge in [0.2, 0.25) is 5.82 Å². The van der Waals surface area contributed by atoms with Crippen LogP contribution in [0.4, 0.5) is 15.8 Å². The van der Waals surface area contributed by atoms with Crippen LogP contribution in [0.5, 0.6) is 0 Å². The zero-order valence-electron chi connectivity index (χ0n) is 14.5. The Morgan fingerprint density at radius 2 is 1.21 bits per heavy atom. The van der Waals surface area contributed by atoms with Gasteiger partial charge in [0.25, 0.3) is 20.0 Å². The summed E-state index contributed by atoms with van der Waals surface area (Å²) in [5, 5.41) is 11.1. The molecular weight excluding hydrogens is 423 g/mol. The second-order valence-electron chi connectivity index (χ2n) is 5.73. The molecule has 0 saturated carbocycles. The Labute approximate surface area is 166 Å². The minimum absolute atomic E-state index is 0.0666. The largest absolute Gasteiger partial charge is 0.306 e. The van der Waals surface area contributed by atoms with E-state index in [1.54, 1.807) is 0 Å². The van der Waals surface area contributed by atoms with Gasteiger partial charge < -0.3 is 0 Å². The molecule has 8 nitrogen and oxygen atoms in total. The van der Waals surface area contributed by atoms with Crippen molar-refractivity contribution in [3.05, 3.63) is 94.8 Å². The van der Waals surface area contributed by atoms with Crippen molar-refractivity contribution in [3.63, 3.8) is 0 Å². The molecule has 3 aromatic rings. The summed E-state index contributed by atoms with van der Waals surface area (Å²) in [5.41, 5.74) is -1.65. The van der Waals surface area contributed by atoms with Gasteiger partial charge in [-0.25, -0.2) is 16.8 Å². The lowest BCUT2D eigenvalue weighted by molar-refractivity contribution is -0.387. The van der Waals surface area contributed by atoms with E-state index in [9.17, 15) is 31.3 Å². The molecule has 0 fully saturated rings. The van der Waals surface area contributed by atoms with Gasteiger partial charge in [0.05, 0.1) is 20.4 Å². The standard InChI is InChI=1S/C18H13FN2O6S2/c19-17-12-11-14(13-18(17)20(22)23)21(28(24,25)15-7-3-1-4-8-15)29(26,27)16-9-5-2-6-10-16/h1-13H. The van der Waals surface area contributed by atoms with Crippen LogP contribution in [0.25, 0.3) is 0 Å². The Morgan fingerprint density at radius 1 is 0.759 bits per heavy atom. The quantitative estimate of drug-likeness (QED) is 0.432. The number of rotatable bonds is 6. The van der Waals surface area contributed by atoms with E-state index in [0.29, 0.717) is 12.1 Å². The number of hydrogen-bond acceptors (Lipinski definition) is 6. The number of nitrogens with zero attached hydrogens (tertiary/aromatic N) is 2. The first kappa shape index (κ1) is 20.4. The van der Waals surface area contributed by atoms with Crippen molar-refractivity contribution >= 4 is 31.4 Å². The Hall–Kier alpha value is -3.31. The topological polar surface area (TPSA) is 115 Å². The van der Waals surface area contributed by atoms with Crippen molar-refractivity contribution in [2.24, 2.45) is 0 Å². The number of nitro groups is 1. The van der Waals surface area contributed by atoms with Crippen molar-refractivity contribution in [1.82, 2.24) is 0 Å². The Bertz CT molecular complexity index is 1190. The van der Waals surface area contributed by atoms with Gasteiger partial charge in [-0.3, -0.25) is 10.1 Å². The van der Waals surface area contributed by atoms with Crippen molar-refractivity contribution < 1.29 is 26.1 Å². The summed E-state index contributed by atoms with van der Waals surface area (Å²) < 4.78 is 66.6. The molecule has 29 heavy (non-hydrogen) atoms. The van der Waals surface area contributed by atoms with Gasteiger partial charge in [0.15, 0.2) is 0 Å². The summed E-state index contributed by atoms with van der Waals surface area (Å²) in [5.74, 6) is -1.23. The minimum Gasteiger partial charge on any atom is -0.258 e. The highest BCUT2D eigenvalue weighted by Gasteiger charge is 2.38. The molecule has 0 unspecified atom stereocenters. The van der Waals surface area contributed by atoms with E-state index < -0.39 is 42.2 Å². The lowest BCUT2D eigenvalue weighted by Gasteiger charge is -2.24. The molecule has 0 atom stereocenters. The Kier molecular flexibility index (Phi) is 5.36. The monoisotopic (exact) mass is 436 g/mol. The molecule has 11 heteroatoms. The van der Waals surface area contributed by atoms with Gasteiger partial charge in [-0.15, -0.1) is 0 Å². The molecule has 0 amide bonds. The molecule has 0 spiro atoms. The van der Waals surface area contributed by atoms with Crippen LogP contribution < -0.4 is 3.71 Å². The third-order valence-corrected chi connectivity index (χ3v) is 8.06. The van der Waals surface area contributed by atoms with Gasteiger partial charge >= 0.3 is 5.69 Å². The normalized spacial score (nSPS) is 11.8. The van der Waals surface area contributed by atoms with Crippen LogP contribution in [0.15, 0.2) is 88.7 Å². The van der Waals surface area contributed by atoms with Crippen LogP contribution in [0.1, 0.15) is 0 Å². The Balaban J connectivity index is 2.32. The molecule has 0 aliphatic heterocycles. The summed E-state index contributed by atoms with van der Waals surface area (Å²) in [6, 6.07) is 15.4. The van der Waals surface area contributed by atoms with E-state index in [1.807, 2.05) is 0 Å². The first-order chi connectivity index (χ1) is 13.7. The maximum Gasteiger partial charge on any atom is 0.306 e. The number of halogens is 1. The molecule has 0 aromatic heterocycles. The molecule has 0 bridgehead atoms. The van der Waals surface area contributed by atoms with Crippen LogP contribution in [0.3, 0.4) is 0 Å². The van der Waals surface area contributed by atoms with Crippen molar-refractivity contribution in [2.75, 3.05) is 3.71 Å². The fourth-order valence-corrected chi connectivity index (χ4v) is 6.25. The van der Waals surface area contributed by atoms with E-state index in [-0.39, 0.29) is 13.5 Å². The predicted octanol–water partition coefficient (Wildman–Crippen LogP) is 3.32. The number of nitro benzene ring substituents is 1. The maximum absolute atomic E-state index is 13.8. The van der Waals surface area contributed by atoms with Gasteiger partial charge in [-0.05, 0) is 36.4 Å². The fourth-order valence-electron chi connectivity index (χ4n) is 2.54. The molecular formula is C18H13FN2O6S2. The van der Waals surface area contributed by atoms with Gasteiger partial charge in [0, 0.05) is 6.07 Å². The lowest BCUT2D eigenvalue weighted by atomic mass is 10.3. The molecule has 0 saturated heterocycles. The van der Waals surface area contributed by atoms with Crippen molar-refractivity contribution in [1.29, 1.82) is 0 Å². The SMILES string of the molecule is O=[N+]([O-])c1cc(N(S(=O)(=O)c2ccccc2)S(=O)(=O)c2ccccc2)ccc1F. The van der Waals surface area contributed by atoms with Crippen LogP contribution >= 0.6 is 0 Å². The molecule has 150 valence electrons. The summed E-state index contributed by atoms with van der Waals surface area (Å²) in [6.07, 6.45) is 0. The van der Waals surface area contributed by atoms with Crippen LogP contribution in [0.2, 0.25) is 0 Å². The first-order valence-corrected chi connectivity index (χ1v) is 10.9. The summed E-state index contributed by atoms with van der Waals surface area (Å²) in [4.78, 5) is 9.31. The van der Waals surface area contributed by atoms with Gasteiger partial charge in [-0.2, -0.15) is 8.10 Å². The molecule has 0 N–H and O–H groups in total. The molecule has 3 aromatic carbocycles. The third kappa shape index (κ3) is 3.82. The van der Waals surface area contributed by atoms with Crippen LogP contribution in [-0.2, 0) is 20.0 Å². The van der Waals surface area contributed by atoms with E-state index >= 15 is 0 Å². The molecule has 0 radical (unpaired) electrons. The summed E-state index contributed by atoms with van der Waals surface area (Å²) >= 11 is 0. The zero-order chi connectivity index (χ0) is 21.2. The number of hydrogen-bond donors (Lipinski definition) is 0. The fraction of sp³-hybridized carbons (Fsp3) is 0. The number of benzene rings is 3. The number of anilines is 1. The average Bonchev–Trinajstić information content (AvgIpc) is 2.70. The van der Waals surface area contributed by atoms with Gasteiger partial charge in [0.1, 0.15) is 0 Å². The summed E-state index contributed by atoms with van der Waals surface area (Å²) in [6.45, 7) is 0.